The summed E-state index contributed by atoms with van der Waals surface area (Å²) in [5.74, 6) is -3.19. The highest BCUT2D eigenvalue weighted by Crippen LogP contribution is 2.28. The Labute approximate surface area is 202 Å². The van der Waals surface area contributed by atoms with Crippen molar-refractivity contribution >= 4 is 29.3 Å². The number of aliphatic hydroxyl groups is 1. The SMILES string of the molecule is CCCNCC(O)COc1ccccc1C(=O)CCc1cccc2c1CC(=O)N2.O=C(O)C(=O)O. The van der Waals surface area contributed by atoms with E-state index in [0.29, 0.717) is 37.1 Å². The van der Waals surface area contributed by atoms with Crippen molar-refractivity contribution in [2.75, 3.05) is 25.0 Å². The van der Waals surface area contributed by atoms with Crippen LogP contribution in [0, 0.1) is 0 Å². The maximum atomic E-state index is 12.8. The molecule has 2 aromatic carbocycles. The van der Waals surface area contributed by atoms with Gasteiger partial charge in [0.15, 0.2) is 5.78 Å². The Hall–Kier alpha value is -3.76. The summed E-state index contributed by atoms with van der Waals surface area (Å²) in [5, 5.41) is 30.8. The van der Waals surface area contributed by atoms with E-state index in [9.17, 15) is 14.7 Å². The van der Waals surface area contributed by atoms with Gasteiger partial charge in [-0.25, -0.2) is 9.59 Å². The molecule has 1 heterocycles. The largest absolute Gasteiger partial charge is 0.490 e. The van der Waals surface area contributed by atoms with E-state index < -0.39 is 18.0 Å². The lowest BCUT2D eigenvalue weighted by atomic mass is 9.97. The second kappa shape index (κ2) is 13.8. The van der Waals surface area contributed by atoms with Gasteiger partial charge in [0.25, 0.3) is 0 Å². The predicted molar refractivity (Wildman–Crippen MR) is 128 cm³/mol. The number of benzene rings is 2. The number of nitrogens with one attached hydrogen (secondary N) is 2. The molecule has 0 radical (unpaired) electrons. The molecule has 0 aliphatic carbocycles. The molecule has 2 aromatic rings. The Morgan fingerprint density at radius 3 is 2.49 bits per heavy atom. The van der Waals surface area contributed by atoms with Crippen LogP contribution in [0.4, 0.5) is 5.69 Å². The van der Waals surface area contributed by atoms with Gasteiger partial charge in [0, 0.05) is 18.7 Å². The molecule has 10 nitrogen and oxygen atoms in total. The molecule has 1 aliphatic rings. The first kappa shape index (κ1) is 27.5. The topological polar surface area (TPSA) is 162 Å². The normalized spacial score (nSPS) is 12.6. The van der Waals surface area contributed by atoms with Crippen LogP contribution < -0.4 is 15.4 Å². The number of rotatable bonds is 11. The first-order chi connectivity index (χ1) is 16.7. The zero-order chi connectivity index (χ0) is 25.8. The number of aliphatic carboxylic acids is 2. The fourth-order valence-corrected chi connectivity index (χ4v) is 3.45. The van der Waals surface area contributed by atoms with Gasteiger partial charge in [0.2, 0.25) is 5.91 Å². The van der Waals surface area contributed by atoms with E-state index in [1.54, 1.807) is 12.1 Å². The summed E-state index contributed by atoms with van der Waals surface area (Å²) >= 11 is 0. The number of ether oxygens (including phenoxy) is 1. The van der Waals surface area contributed by atoms with Gasteiger partial charge >= 0.3 is 11.9 Å². The van der Waals surface area contributed by atoms with Crippen molar-refractivity contribution in [1.82, 2.24) is 5.32 Å². The van der Waals surface area contributed by atoms with E-state index >= 15 is 0 Å². The molecule has 188 valence electrons. The lowest BCUT2D eigenvalue weighted by Crippen LogP contribution is -2.32. The molecule has 3 rings (SSSR count). The zero-order valence-corrected chi connectivity index (χ0v) is 19.5. The predicted octanol–water partition coefficient (Wildman–Crippen LogP) is 1.89. The average Bonchev–Trinajstić information content (AvgIpc) is 3.22. The molecular weight excluding hydrogens is 456 g/mol. The number of Topliss-reactive ketones (excluding diaryl/α,β-unsaturated/α-hetero) is 1. The van der Waals surface area contributed by atoms with E-state index in [0.717, 1.165) is 29.8 Å². The fourth-order valence-electron chi connectivity index (χ4n) is 3.45. The van der Waals surface area contributed by atoms with E-state index in [4.69, 9.17) is 24.5 Å². The van der Waals surface area contributed by atoms with Crippen molar-refractivity contribution in [2.45, 2.75) is 38.7 Å². The van der Waals surface area contributed by atoms with Gasteiger partial charge in [-0.1, -0.05) is 31.2 Å². The molecule has 1 atom stereocenters. The number of aliphatic hydroxyl groups excluding tert-OH is 1. The molecule has 0 spiro atoms. The number of hydrogen-bond acceptors (Lipinski definition) is 7. The number of carboxylic acid groups (broad SMARTS) is 2. The van der Waals surface area contributed by atoms with Gasteiger partial charge in [0.1, 0.15) is 18.5 Å². The van der Waals surface area contributed by atoms with Crippen molar-refractivity contribution in [3.05, 3.63) is 59.2 Å². The van der Waals surface area contributed by atoms with Crippen LogP contribution in [0.2, 0.25) is 0 Å². The number of fused-ring (bicyclic) bond motifs is 1. The number of amides is 1. The maximum absolute atomic E-state index is 12.8. The number of carboxylic acids is 2. The molecule has 5 N–H and O–H groups in total. The third-order valence-corrected chi connectivity index (χ3v) is 5.11. The van der Waals surface area contributed by atoms with E-state index in [1.165, 1.54) is 0 Å². The lowest BCUT2D eigenvalue weighted by molar-refractivity contribution is -0.159. The number of aryl methyl sites for hydroxylation is 1. The van der Waals surface area contributed by atoms with Crippen LogP contribution in [0.5, 0.6) is 5.75 Å². The molecule has 1 unspecified atom stereocenters. The monoisotopic (exact) mass is 486 g/mol. The summed E-state index contributed by atoms with van der Waals surface area (Å²) in [6.45, 7) is 3.49. The molecule has 0 bridgehead atoms. The standard InChI is InChI=1S/C23H28N2O4.C2H2O4/c1-2-12-24-14-17(26)15-29-22-9-4-3-7-18(22)21(27)11-10-16-6-5-8-20-19(16)13-23(28)25-20;3-1(4)2(5)6/h3-9,17,24,26H,2,10-15H2,1H3,(H,25,28);(H,3,4)(H,5,6). The molecule has 35 heavy (non-hydrogen) atoms. The van der Waals surface area contributed by atoms with Gasteiger partial charge in [0.05, 0.1) is 12.0 Å². The summed E-state index contributed by atoms with van der Waals surface area (Å²) in [4.78, 5) is 42.7. The first-order valence-corrected chi connectivity index (χ1v) is 11.2. The second-order valence-corrected chi connectivity index (χ2v) is 7.87. The molecule has 0 fully saturated rings. The Bertz CT molecular complexity index is 1040. The highest BCUT2D eigenvalue weighted by atomic mass is 16.5. The summed E-state index contributed by atoms with van der Waals surface area (Å²) in [6, 6.07) is 12.9. The highest BCUT2D eigenvalue weighted by molar-refractivity contribution is 6.27. The van der Waals surface area contributed by atoms with Crippen LogP contribution in [-0.4, -0.2) is 64.7 Å². The molecule has 0 saturated carbocycles. The highest BCUT2D eigenvalue weighted by Gasteiger charge is 2.21. The Kier molecular flexibility index (Phi) is 10.9. The maximum Gasteiger partial charge on any atom is 0.414 e. The van der Waals surface area contributed by atoms with Gasteiger partial charge in [-0.3, -0.25) is 9.59 Å². The minimum atomic E-state index is -1.82. The third kappa shape index (κ3) is 8.84. The number of hydrogen-bond donors (Lipinski definition) is 5. The van der Waals surface area contributed by atoms with Crippen LogP contribution >= 0.6 is 0 Å². The third-order valence-electron chi connectivity index (χ3n) is 5.11. The van der Waals surface area contributed by atoms with E-state index in [2.05, 4.69) is 17.6 Å². The van der Waals surface area contributed by atoms with Crippen LogP contribution in [0.15, 0.2) is 42.5 Å². The van der Waals surface area contributed by atoms with Gasteiger partial charge in [-0.05, 0) is 48.7 Å². The van der Waals surface area contributed by atoms with Gasteiger partial charge in [-0.15, -0.1) is 0 Å². The Morgan fingerprint density at radius 1 is 1.09 bits per heavy atom. The Morgan fingerprint density at radius 2 is 1.80 bits per heavy atom. The molecule has 1 aliphatic heterocycles. The van der Waals surface area contributed by atoms with Crippen molar-refractivity contribution in [2.24, 2.45) is 0 Å². The van der Waals surface area contributed by atoms with Crippen LogP contribution in [0.3, 0.4) is 0 Å². The van der Waals surface area contributed by atoms with Crippen LogP contribution in [0.1, 0.15) is 41.3 Å². The summed E-state index contributed by atoms with van der Waals surface area (Å²) < 4.78 is 5.73. The molecular formula is C25H30N2O8. The number of anilines is 1. The van der Waals surface area contributed by atoms with E-state index in [-0.39, 0.29) is 18.3 Å². The lowest BCUT2D eigenvalue weighted by Gasteiger charge is -2.15. The van der Waals surface area contributed by atoms with Crippen molar-refractivity contribution in [3.8, 4) is 5.75 Å². The number of carbonyl (C=O) groups is 4. The van der Waals surface area contributed by atoms with Crippen molar-refractivity contribution in [1.29, 1.82) is 0 Å². The van der Waals surface area contributed by atoms with Crippen molar-refractivity contribution in [3.63, 3.8) is 0 Å². The molecule has 1 amide bonds. The summed E-state index contributed by atoms with van der Waals surface area (Å²) in [7, 11) is 0. The summed E-state index contributed by atoms with van der Waals surface area (Å²) in [5.41, 5.74) is 3.36. The van der Waals surface area contributed by atoms with Crippen LogP contribution in [-0.2, 0) is 27.2 Å². The zero-order valence-electron chi connectivity index (χ0n) is 19.5. The minimum Gasteiger partial charge on any atom is -0.490 e. The first-order valence-electron chi connectivity index (χ1n) is 11.2. The molecule has 0 aromatic heterocycles. The Balaban J connectivity index is 0.000000641. The van der Waals surface area contributed by atoms with Crippen LogP contribution in [0.25, 0.3) is 0 Å². The molecule has 0 saturated heterocycles. The molecule has 10 heteroatoms. The quantitative estimate of drug-likeness (QED) is 0.181. The number of carbonyl (C=O) groups excluding carboxylic acids is 2. The fraction of sp³-hybridized carbons (Fsp3) is 0.360. The average molecular weight is 487 g/mol. The smallest absolute Gasteiger partial charge is 0.414 e. The van der Waals surface area contributed by atoms with Crippen molar-refractivity contribution < 1.29 is 39.2 Å². The van der Waals surface area contributed by atoms with E-state index in [1.807, 2.05) is 30.3 Å². The minimum absolute atomic E-state index is 0.00972. The summed E-state index contributed by atoms with van der Waals surface area (Å²) in [6.07, 6.45) is 1.62. The van der Waals surface area contributed by atoms with Gasteiger partial charge < -0.3 is 30.7 Å². The number of para-hydroxylation sites is 1. The number of ketones is 1. The van der Waals surface area contributed by atoms with Gasteiger partial charge in [-0.2, -0.15) is 0 Å². The second-order valence-electron chi connectivity index (χ2n) is 7.87.